The molecule has 1 aliphatic heterocycles. The van der Waals surface area contributed by atoms with Crippen molar-refractivity contribution in [2.24, 2.45) is 11.7 Å². The highest BCUT2D eigenvalue weighted by Gasteiger charge is 2.27. The van der Waals surface area contributed by atoms with Crippen LogP contribution >= 0.6 is 0 Å². The maximum Gasteiger partial charge on any atom is 0.0674 e. The first-order chi connectivity index (χ1) is 7.66. The molecular formula is C13H26N2O. The zero-order valence-corrected chi connectivity index (χ0v) is 10.7. The fraction of sp³-hybridized carbons (Fsp3) is 1.00. The van der Waals surface area contributed by atoms with Gasteiger partial charge in [0, 0.05) is 18.6 Å². The lowest BCUT2D eigenvalue weighted by Crippen LogP contribution is -2.48. The number of hydrogen-bond donors (Lipinski definition) is 1. The molecule has 4 unspecified atom stereocenters. The Balaban J connectivity index is 1.75. The predicted molar refractivity (Wildman–Crippen MR) is 66.4 cm³/mol. The smallest absolute Gasteiger partial charge is 0.0674 e. The van der Waals surface area contributed by atoms with Crippen LogP contribution in [0.15, 0.2) is 0 Å². The molecule has 0 aromatic rings. The molecule has 2 fully saturated rings. The van der Waals surface area contributed by atoms with E-state index in [2.05, 4.69) is 18.7 Å². The van der Waals surface area contributed by atoms with Gasteiger partial charge in [0.15, 0.2) is 0 Å². The molecule has 0 aromatic heterocycles. The van der Waals surface area contributed by atoms with Crippen molar-refractivity contribution in [2.75, 3.05) is 19.7 Å². The summed E-state index contributed by atoms with van der Waals surface area (Å²) in [4.78, 5) is 2.57. The Morgan fingerprint density at radius 1 is 1.31 bits per heavy atom. The van der Waals surface area contributed by atoms with Crippen molar-refractivity contribution in [2.45, 2.75) is 57.7 Å². The second kappa shape index (κ2) is 5.48. The highest BCUT2D eigenvalue weighted by atomic mass is 16.5. The van der Waals surface area contributed by atoms with Crippen molar-refractivity contribution in [1.29, 1.82) is 0 Å². The first kappa shape index (κ1) is 12.3. The molecule has 0 aromatic carbocycles. The van der Waals surface area contributed by atoms with Gasteiger partial charge in [0.2, 0.25) is 0 Å². The summed E-state index contributed by atoms with van der Waals surface area (Å²) in [6.45, 7) is 7.61. The molecule has 1 aliphatic carbocycles. The predicted octanol–water partition coefficient (Wildman–Crippen LogP) is 1.61. The highest BCUT2D eigenvalue weighted by Crippen LogP contribution is 2.27. The summed E-state index contributed by atoms with van der Waals surface area (Å²) in [7, 11) is 0. The van der Waals surface area contributed by atoms with Gasteiger partial charge < -0.3 is 10.5 Å². The van der Waals surface area contributed by atoms with Gasteiger partial charge >= 0.3 is 0 Å². The molecule has 2 aliphatic rings. The molecule has 0 amide bonds. The summed E-state index contributed by atoms with van der Waals surface area (Å²) >= 11 is 0. The lowest BCUT2D eigenvalue weighted by Gasteiger charge is -2.37. The quantitative estimate of drug-likeness (QED) is 0.794. The van der Waals surface area contributed by atoms with Crippen molar-refractivity contribution in [3.63, 3.8) is 0 Å². The lowest BCUT2D eigenvalue weighted by molar-refractivity contribution is -0.0508. The number of nitrogens with zero attached hydrogens (tertiary/aromatic N) is 1. The lowest BCUT2D eigenvalue weighted by atomic mass is 9.99. The highest BCUT2D eigenvalue weighted by molar-refractivity contribution is 4.82. The minimum atomic E-state index is 0.397. The molecule has 2 rings (SSSR count). The van der Waals surface area contributed by atoms with E-state index >= 15 is 0 Å². The van der Waals surface area contributed by atoms with Crippen molar-refractivity contribution >= 4 is 0 Å². The zero-order chi connectivity index (χ0) is 11.5. The van der Waals surface area contributed by atoms with E-state index in [9.17, 15) is 0 Å². The van der Waals surface area contributed by atoms with Gasteiger partial charge in [0.25, 0.3) is 0 Å². The van der Waals surface area contributed by atoms with E-state index in [0.29, 0.717) is 18.2 Å². The molecular weight excluding hydrogens is 200 g/mol. The van der Waals surface area contributed by atoms with E-state index in [0.717, 1.165) is 19.1 Å². The topological polar surface area (TPSA) is 38.5 Å². The van der Waals surface area contributed by atoms with Crippen LogP contribution in [0.1, 0.15) is 39.5 Å². The molecule has 3 heteroatoms. The average Bonchev–Trinajstić information content (AvgIpc) is 2.66. The summed E-state index contributed by atoms with van der Waals surface area (Å²) in [6, 6.07) is 1.04. The van der Waals surface area contributed by atoms with Crippen LogP contribution in [-0.4, -0.2) is 42.8 Å². The molecule has 0 radical (unpaired) electrons. The van der Waals surface area contributed by atoms with Crippen molar-refractivity contribution in [3.8, 4) is 0 Å². The van der Waals surface area contributed by atoms with Gasteiger partial charge in [-0.15, -0.1) is 0 Å². The summed E-state index contributed by atoms with van der Waals surface area (Å²) in [5.41, 5.74) is 6.11. The van der Waals surface area contributed by atoms with Crippen LogP contribution < -0.4 is 5.73 Å². The Labute approximate surface area is 99.3 Å². The van der Waals surface area contributed by atoms with Gasteiger partial charge in [-0.2, -0.15) is 0 Å². The Kier molecular flexibility index (Phi) is 4.22. The molecule has 2 N–H and O–H groups in total. The first-order valence-electron chi connectivity index (χ1n) is 6.78. The monoisotopic (exact) mass is 226 g/mol. The fourth-order valence-corrected chi connectivity index (χ4v) is 3.04. The summed E-state index contributed by atoms with van der Waals surface area (Å²) in [6.07, 6.45) is 5.59. The van der Waals surface area contributed by atoms with Crippen LogP contribution in [0.4, 0.5) is 0 Å². The number of rotatable bonds is 3. The van der Waals surface area contributed by atoms with Crippen LogP contribution in [0, 0.1) is 5.92 Å². The fourth-order valence-electron chi connectivity index (χ4n) is 3.04. The van der Waals surface area contributed by atoms with Gasteiger partial charge in [-0.05, 0) is 45.6 Å². The molecule has 0 spiro atoms. The molecule has 16 heavy (non-hydrogen) atoms. The van der Waals surface area contributed by atoms with Gasteiger partial charge in [0.05, 0.1) is 12.7 Å². The largest absolute Gasteiger partial charge is 0.376 e. The standard InChI is InChI=1S/C13H26N2O/c1-10-9-16-11(2)8-15(10)7-6-12-4-3-5-13(12)14/h10-13H,3-9,14H2,1-2H3. The first-order valence-corrected chi connectivity index (χ1v) is 6.78. The van der Waals surface area contributed by atoms with Crippen molar-refractivity contribution in [1.82, 2.24) is 4.90 Å². The second-order valence-electron chi connectivity index (χ2n) is 5.63. The summed E-state index contributed by atoms with van der Waals surface area (Å²) in [5.74, 6) is 0.769. The molecule has 1 heterocycles. The van der Waals surface area contributed by atoms with E-state index in [1.54, 1.807) is 0 Å². The third-order valence-corrected chi connectivity index (χ3v) is 4.24. The van der Waals surface area contributed by atoms with E-state index in [1.165, 1.54) is 32.2 Å². The molecule has 1 saturated heterocycles. The Bertz CT molecular complexity index is 222. The third-order valence-electron chi connectivity index (χ3n) is 4.24. The molecule has 1 saturated carbocycles. The minimum absolute atomic E-state index is 0.397. The molecule has 4 atom stereocenters. The maximum atomic E-state index is 6.11. The van der Waals surface area contributed by atoms with E-state index in [1.807, 2.05) is 0 Å². The number of ether oxygens (including phenoxy) is 1. The average molecular weight is 226 g/mol. The van der Waals surface area contributed by atoms with Crippen molar-refractivity contribution < 1.29 is 4.74 Å². The summed E-state index contributed by atoms with van der Waals surface area (Å²) in [5, 5.41) is 0. The van der Waals surface area contributed by atoms with Gasteiger partial charge in [0.1, 0.15) is 0 Å². The number of morpholine rings is 1. The minimum Gasteiger partial charge on any atom is -0.376 e. The molecule has 3 nitrogen and oxygen atoms in total. The normalized spacial score (nSPS) is 41.4. The van der Waals surface area contributed by atoms with Gasteiger partial charge in [-0.3, -0.25) is 4.90 Å². The summed E-state index contributed by atoms with van der Waals surface area (Å²) < 4.78 is 5.65. The van der Waals surface area contributed by atoms with E-state index in [-0.39, 0.29) is 0 Å². The second-order valence-corrected chi connectivity index (χ2v) is 5.63. The molecule has 94 valence electrons. The van der Waals surface area contributed by atoms with Crippen LogP contribution in [0.2, 0.25) is 0 Å². The Hall–Kier alpha value is -0.120. The van der Waals surface area contributed by atoms with E-state index < -0.39 is 0 Å². The van der Waals surface area contributed by atoms with Crippen LogP contribution in [0.3, 0.4) is 0 Å². The Morgan fingerprint density at radius 2 is 2.12 bits per heavy atom. The maximum absolute atomic E-state index is 6.11. The van der Waals surface area contributed by atoms with Crippen LogP contribution in [-0.2, 0) is 4.74 Å². The van der Waals surface area contributed by atoms with Crippen LogP contribution in [0.5, 0.6) is 0 Å². The van der Waals surface area contributed by atoms with Crippen molar-refractivity contribution in [3.05, 3.63) is 0 Å². The van der Waals surface area contributed by atoms with E-state index in [4.69, 9.17) is 10.5 Å². The number of nitrogens with two attached hydrogens (primary N) is 1. The van der Waals surface area contributed by atoms with Crippen LogP contribution in [0.25, 0.3) is 0 Å². The third kappa shape index (κ3) is 2.96. The Morgan fingerprint density at radius 3 is 2.81 bits per heavy atom. The molecule has 0 bridgehead atoms. The number of hydrogen-bond acceptors (Lipinski definition) is 3. The van der Waals surface area contributed by atoms with Gasteiger partial charge in [-0.1, -0.05) is 6.42 Å². The SMILES string of the molecule is CC1CN(CCC2CCCC2N)C(C)CO1. The zero-order valence-electron chi connectivity index (χ0n) is 10.7. The van der Waals surface area contributed by atoms with Gasteiger partial charge in [-0.25, -0.2) is 0 Å².